The summed E-state index contributed by atoms with van der Waals surface area (Å²) in [6.45, 7) is 3.53. The molecule has 4 aromatic rings. The number of anilines is 1. The van der Waals surface area contributed by atoms with Crippen LogP contribution >= 0.6 is 11.8 Å². The minimum absolute atomic E-state index is 0.138. The Bertz CT molecular complexity index is 1540. The van der Waals surface area contributed by atoms with Gasteiger partial charge in [-0.05, 0) is 41.7 Å². The number of rotatable bonds is 6. The summed E-state index contributed by atoms with van der Waals surface area (Å²) < 4.78 is 15.0. The van der Waals surface area contributed by atoms with E-state index in [-0.39, 0.29) is 5.49 Å². The van der Waals surface area contributed by atoms with Crippen LogP contribution in [0, 0.1) is 22.7 Å². The maximum Gasteiger partial charge on any atom is 0.245 e. The number of hydrogen-bond donors (Lipinski definition) is 2. The van der Waals surface area contributed by atoms with Crippen molar-refractivity contribution in [1.29, 1.82) is 10.7 Å². The highest BCUT2D eigenvalue weighted by Crippen LogP contribution is 2.39. The number of aryl methyl sites for hydroxylation is 2. The van der Waals surface area contributed by atoms with Crippen LogP contribution in [0.5, 0.6) is 11.5 Å². The molecule has 13 nitrogen and oxygen atoms in total. The Hall–Kier alpha value is -4.12. The molecule has 3 aromatic heterocycles. The van der Waals surface area contributed by atoms with Crippen molar-refractivity contribution >= 4 is 28.9 Å². The average molecular weight is 520 g/mol. The number of H-pyrrole nitrogens is 1. The molecule has 0 atom stereocenters. The highest BCUT2D eigenvalue weighted by atomic mass is 32.2. The number of fused-ring (bicyclic) bond motifs is 2. The second-order valence-corrected chi connectivity index (χ2v) is 10.1. The number of ether oxygens (including phenoxy) is 2. The van der Waals surface area contributed by atoms with Crippen molar-refractivity contribution in [3.8, 4) is 17.6 Å². The van der Waals surface area contributed by atoms with E-state index >= 15 is 0 Å². The first-order valence-electron chi connectivity index (χ1n) is 12.1. The van der Waals surface area contributed by atoms with Crippen molar-refractivity contribution in [2.45, 2.75) is 35.9 Å². The van der Waals surface area contributed by atoms with E-state index in [1.54, 1.807) is 17.1 Å². The Kier molecular flexibility index (Phi) is 6.13. The Morgan fingerprint density at radius 2 is 2.00 bits per heavy atom. The molecule has 1 fully saturated rings. The summed E-state index contributed by atoms with van der Waals surface area (Å²) in [5.74, 6) is 2.57. The van der Waals surface area contributed by atoms with Gasteiger partial charge in [-0.25, -0.2) is 14.6 Å². The number of nitrogens with one attached hydrogen (secondary N) is 2. The molecule has 1 saturated heterocycles. The van der Waals surface area contributed by atoms with Crippen molar-refractivity contribution in [1.82, 2.24) is 39.7 Å². The molecule has 0 bridgehead atoms. The highest BCUT2D eigenvalue weighted by molar-refractivity contribution is 7.99. The molecular formula is C23H25N11O2S. The molecule has 0 unspecified atom stereocenters. The summed E-state index contributed by atoms with van der Waals surface area (Å²) in [6, 6.07) is 5.73. The number of benzene rings is 1. The van der Waals surface area contributed by atoms with E-state index in [9.17, 15) is 5.26 Å². The van der Waals surface area contributed by atoms with Crippen LogP contribution < -0.4 is 19.9 Å². The molecular weight excluding hydrogens is 494 g/mol. The molecule has 0 aliphatic carbocycles. The van der Waals surface area contributed by atoms with Crippen LogP contribution in [0.2, 0.25) is 0 Å². The molecule has 0 saturated carbocycles. The summed E-state index contributed by atoms with van der Waals surface area (Å²) in [7, 11) is 1.86. The number of aromatic nitrogens is 8. The number of piperidine rings is 1. The lowest BCUT2D eigenvalue weighted by atomic mass is 9.93. The normalized spacial score (nSPS) is 15.7. The van der Waals surface area contributed by atoms with Gasteiger partial charge in [0.15, 0.2) is 27.8 Å². The molecule has 2 N–H and O–H groups in total. The SMILES string of the molecule is Cn1nnnc1N1CCC(CCn2cnc(=N)c3[nH]c(Sc4cc5c(cc4C#N)OCCO5)nc32)CC1. The summed E-state index contributed by atoms with van der Waals surface area (Å²) in [5, 5.41) is 30.3. The molecule has 6 rings (SSSR count). The van der Waals surface area contributed by atoms with Crippen LogP contribution in [0.4, 0.5) is 5.95 Å². The third-order valence-corrected chi connectivity index (χ3v) is 7.69. The van der Waals surface area contributed by atoms with E-state index in [0.717, 1.165) is 44.8 Å². The first-order valence-corrected chi connectivity index (χ1v) is 12.9. The Morgan fingerprint density at radius 1 is 1.22 bits per heavy atom. The van der Waals surface area contributed by atoms with Crippen molar-refractivity contribution < 1.29 is 9.47 Å². The lowest BCUT2D eigenvalue weighted by Gasteiger charge is -2.31. The van der Waals surface area contributed by atoms with Gasteiger partial charge in [0.1, 0.15) is 24.8 Å². The largest absolute Gasteiger partial charge is 0.486 e. The minimum Gasteiger partial charge on any atom is -0.486 e. The van der Waals surface area contributed by atoms with Gasteiger partial charge in [-0.1, -0.05) is 16.9 Å². The first kappa shape index (κ1) is 23.3. The van der Waals surface area contributed by atoms with Gasteiger partial charge in [0, 0.05) is 37.6 Å². The van der Waals surface area contributed by atoms with E-state index in [4.69, 9.17) is 19.9 Å². The fourth-order valence-electron chi connectivity index (χ4n) is 4.76. The fourth-order valence-corrected chi connectivity index (χ4v) is 5.63. The number of aromatic amines is 1. The molecule has 5 heterocycles. The lowest BCUT2D eigenvalue weighted by Crippen LogP contribution is -2.35. The molecule has 0 radical (unpaired) electrons. The monoisotopic (exact) mass is 519 g/mol. The van der Waals surface area contributed by atoms with Crippen molar-refractivity contribution in [3.05, 3.63) is 29.5 Å². The van der Waals surface area contributed by atoms with Crippen molar-refractivity contribution in [2.24, 2.45) is 13.0 Å². The summed E-state index contributed by atoms with van der Waals surface area (Å²) in [6.07, 6.45) is 4.79. The molecule has 37 heavy (non-hydrogen) atoms. The number of tetrazole rings is 1. The summed E-state index contributed by atoms with van der Waals surface area (Å²) in [4.78, 5) is 15.2. The van der Waals surface area contributed by atoms with Crippen LogP contribution in [-0.2, 0) is 13.6 Å². The van der Waals surface area contributed by atoms with Gasteiger partial charge in [0.2, 0.25) is 5.95 Å². The Labute approximate surface area is 215 Å². The minimum atomic E-state index is 0.138. The fraction of sp³-hybridized carbons (Fsp3) is 0.435. The maximum atomic E-state index is 9.66. The van der Waals surface area contributed by atoms with Crippen LogP contribution in [-0.4, -0.2) is 66.0 Å². The molecule has 14 heteroatoms. The topological polar surface area (TPSA) is 159 Å². The lowest BCUT2D eigenvalue weighted by molar-refractivity contribution is 0.171. The predicted octanol–water partition coefficient (Wildman–Crippen LogP) is 1.86. The average Bonchev–Trinajstić information content (AvgIpc) is 3.55. The predicted molar refractivity (Wildman–Crippen MR) is 132 cm³/mol. The van der Waals surface area contributed by atoms with Gasteiger partial charge in [0.05, 0.1) is 11.9 Å². The first-order chi connectivity index (χ1) is 18.1. The van der Waals surface area contributed by atoms with E-state index in [2.05, 4.69) is 36.5 Å². The van der Waals surface area contributed by atoms with Gasteiger partial charge in [-0.2, -0.15) is 5.26 Å². The second-order valence-electron chi connectivity index (χ2n) is 9.05. The van der Waals surface area contributed by atoms with E-state index in [0.29, 0.717) is 57.4 Å². The third-order valence-electron chi connectivity index (χ3n) is 6.74. The van der Waals surface area contributed by atoms with Gasteiger partial charge < -0.3 is 23.9 Å². The van der Waals surface area contributed by atoms with Crippen LogP contribution in [0.3, 0.4) is 0 Å². The molecule has 2 aliphatic rings. The number of nitriles is 1. The van der Waals surface area contributed by atoms with Crippen LogP contribution in [0.15, 0.2) is 28.5 Å². The maximum absolute atomic E-state index is 9.66. The molecule has 0 spiro atoms. The van der Waals surface area contributed by atoms with E-state index in [1.807, 2.05) is 17.7 Å². The Morgan fingerprint density at radius 3 is 2.73 bits per heavy atom. The van der Waals surface area contributed by atoms with Crippen molar-refractivity contribution in [3.63, 3.8) is 0 Å². The van der Waals surface area contributed by atoms with Crippen molar-refractivity contribution in [2.75, 3.05) is 31.2 Å². The Balaban J connectivity index is 1.17. The van der Waals surface area contributed by atoms with Gasteiger partial charge >= 0.3 is 0 Å². The third kappa shape index (κ3) is 4.57. The van der Waals surface area contributed by atoms with Gasteiger partial charge in [0.25, 0.3) is 0 Å². The smallest absolute Gasteiger partial charge is 0.245 e. The van der Waals surface area contributed by atoms with E-state index in [1.165, 1.54) is 11.8 Å². The molecule has 2 aliphatic heterocycles. The van der Waals surface area contributed by atoms with Crippen LogP contribution in [0.1, 0.15) is 24.8 Å². The zero-order valence-electron chi connectivity index (χ0n) is 20.2. The van der Waals surface area contributed by atoms with Gasteiger partial charge in [-0.15, -0.1) is 0 Å². The standard InChI is InChI=1S/C23H25N11O2S/c1-32-23(29-30-31-32)33-5-2-14(3-6-33)4-7-34-13-26-20(25)19-21(34)28-22(27-19)37-18-11-17-16(10-15(18)12-24)35-8-9-36-17/h10-11,13-14,25H,2-9H2,1H3,(H,27,28). The molecule has 190 valence electrons. The highest BCUT2D eigenvalue weighted by Gasteiger charge is 2.23. The summed E-state index contributed by atoms with van der Waals surface area (Å²) >= 11 is 1.33. The zero-order valence-corrected chi connectivity index (χ0v) is 21.0. The number of hydrogen-bond acceptors (Lipinski definition) is 11. The molecule has 0 amide bonds. The van der Waals surface area contributed by atoms with Gasteiger partial charge in [-0.3, -0.25) is 5.41 Å². The quantitative estimate of drug-likeness (QED) is 0.385. The summed E-state index contributed by atoms with van der Waals surface area (Å²) in [5.41, 5.74) is 1.88. The second kappa shape index (κ2) is 9.74. The number of nitrogens with zero attached hydrogens (tertiary/aromatic N) is 9. The van der Waals surface area contributed by atoms with E-state index < -0.39 is 0 Å². The zero-order chi connectivity index (χ0) is 25.4. The number of imidazole rings is 1. The van der Waals surface area contributed by atoms with Crippen LogP contribution in [0.25, 0.3) is 11.2 Å². The molecule has 1 aromatic carbocycles.